The van der Waals surface area contributed by atoms with Gasteiger partial charge in [0.1, 0.15) is 11.7 Å². The predicted molar refractivity (Wildman–Crippen MR) is 205 cm³/mol. The van der Waals surface area contributed by atoms with Gasteiger partial charge in [-0.25, -0.2) is 15.0 Å². The minimum absolute atomic E-state index is 0.256. The highest BCUT2D eigenvalue weighted by molar-refractivity contribution is 6.13. The van der Waals surface area contributed by atoms with E-state index in [4.69, 9.17) is 19.4 Å². The lowest BCUT2D eigenvalue weighted by Gasteiger charge is -2.51. The highest BCUT2D eigenvalue weighted by atomic mass is 16.3. The predicted octanol–water partition coefficient (Wildman–Crippen LogP) is 11.8. The van der Waals surface area contributed by atoms with Crippen molar-refractivity contribution in [3.8, 4) is 51.4 Å². The molecule has 4 atom stereocenters. The summed E-state index contributed by atoms with van der Waals surface area (Å²) in [6.45, 7) is 4.82. The van der Waals surface area contributed by atoms with E-state index in [1.165, 1.54) is 44.1 Å². The van der Waals surface area contributed by atoms with Gasteiger partial charge < -0.3 is 4.42 Å². The van der Waals surface area contributed by atoms with Gasteiger partial charge in [-0.2, -0.15) is 5.26 Å². The summed E-state index contributed by atoms with van der Waals surface area (Å²) in [4.78, 5) is 15.4. The van der Waals surface area contributed by atoms with Gasteiger partial charge in [-0.15, -0.1) is 0 Å². The van der Waals surface area contributed by atoms with E-state index in [1.54, 1.807) is 6.07 Å². The van der Waals surface area contributed by atoms with Crippen LogP contribution in [0.4, 0.5) is 0 Å². The zero-order valence-electron chi connectivity index (χ0n) is 29.1. The summed E-state index contributed by atoms with van der Waals surface area (Å²) in [6.07, 6.45) is 7.88. The second kappa shape index (κ2) is 12.6. The molecule has 2 aliphatic rings. The van der Waals surface area contributed by atoms with E-state index in [0.717, 1.165) is 61.9 Å². The molecule has 5 heteroatoms. The Morgan fingerprint density at radius 3 is 2.06 bits per heavy atom. The molecular formula is C46H40N4O. The molecule has 2 heterocycles. The van der Waals surface area contributed by atoms with Crippen molar-refractivity contribution in [2.45, 2.75) is 57.8 Å². The lowest BCUT2D eigenvalue weighted by atomic mass is 9.54. The molecule has 0 N–H and O–H groups in total. The van der Waals surface area contributed by atoms with E-state index in [9.17, 15) is 5.26 Å². The van der Waals surface area contributed by atoms with Crippen molar-refractivity contribution in [3.05, 3.63) is 126 Å². The molecule has 250 valence electrons. The summed E-state index contributed by atoms with van der Waals surface area (Å²) in [5.74, 6) is 4.17. The average Bonchev–Trinajstić information content (AvgIpc) is 3.57. The SMILES string of the molecule is CC[C@@H]1C[C@@H]2C[C@H](C)CC(c3ccc(-c4nc(-c5ccc(-c6ccccc6)cc5)nc(-c5ccc(C#N)c6oc7ccccc7c56)n4)cc3)(C1)C2. The Bertz CT molecular complexity index is 2420. The molecule has 2 fully saturated rings. The number of hydrogen-bond acceptors (Lipinski definition) is 5. The number of para-hydroxylation sites is 1. The van der Waals surface area contributed by atoms with Crippen molar-refractivity contribution in [2.24, 2.45) is 17.8 Å². The number of benzene rings is 5. The highest BCUT2D eigenvalue weighted by Gasteiger charge is 2.45. The maximum absolute atomic E-state index is 9.98. The first kappa shape index (κ1) is 31.4. The van der Waals surface area contributed by atoms with Crippen molar-refractivity contribution in [1.29, 1.82) is 5.26 Å². The zero-order valence-corrected chi connectivity index (χ0v) is 29.1. The average molecular weight is 665 g/mol. The third-order valence-corrected chi connectivity index (χ3v) is 11.6. The molecule has 51 heavy (non-hydrogen) atoms. The Morgan fingerprint density at radius 1 is 0.686 bits per heavy atom. The van der Waals surface area contributed by atoms with Crippen molar-refractivity contribution in [3.63, 3.8) is 0 Å². The minimum Gasteiger partial charge on any atom is -0.455 e. The van der Waals surface area contributed by atoms with E-state index in [-0.39, 0.29) is 5.41 Å². The maximum atomic E-state index is 9.98. The van der Waals surface area contributed by atoms with Crippen molar-refractivity contribution in [1.82, 2.24) is 15.0 Å². The van der Waals surface area contributed by atoms with Crippen LogP contribution in [0.3, 0.4) is 0 Å². The Kier molecular flexibility index (Phi) is 7.77. The number of fused-ring (bicyclic) bond motifs is 5. The van der Waals surface area contributed by atoms with Crippen LogP contribution in [0.25, 0.3) is 67.2 Å². The quantitative estimate of drug-likeness (QED) is 0.177. The molecule has 5 nitrogen and oxygen atoms in total. The van der Waals surface area contributed by atoms with Gasteiger partial charge in [0, 0.05) is 27.5 Å². The summed E-state index contributed by atoms with van der Waals surface area (Å²) in [5.41, 5.74) is 8.46. The van der Waals surface area contributed by atoms with Crippen LogP contribution in [0, 0.1) is 29.1 Å². The molecule has 1 unspecified atom stereocenters. The fraction of sp³-hybridized carbons (Fsp3) is 0.261. The fourth-order valence-corrected chi connectivity index (χ4v) is 9.43. The molecule has 7 aromatic rings. The first-order chi connectivity index (χ1) is 25.0. The number of rotatable bonds is 6. The molecule has 0 saturated heterocycles. The molecule has 0 radical (unpaired) electrons. The molecule has 2 aromatic heterocycles. The largest absolute Gasteiger partial charge is 0.455 e. The van der Waals surface area contributed by atoms with Crippen LogP contribution in [-0.4, -0.2) is 15.0 Å². The maximum Gasteiger partial charge on any atom is 0.164 e. The van der Waals surface area contributed by atoms with Crippen LogP contribution in [-0.2, 0) is 5.41 Å². The third-order valence-electron chi connectivity index (χ3n) is 11.6. The van der Waals surface area contributed by atoms with Gasteiger partial charge in [0.15, 0.2) is 23.1 Å². The van der Waals surface area contributed by atoms with Gasteiger partial charge >= 0.3 is 0 Å². The molecule has 2 saturated carbocycles. The molecular weight excluding hydrogens is 625 g/mol. The van der Waals surface area contributed by atoms with E-state index in [0.29, 0.717) is 28.6 Å². The second-order valence-corrected chi connectivity index (χ2v) is 15.0. The van der Waals surface area contributed by atoms with Crippen molar-refractivity contribution in [2.75, 3.05) is 0 Å². The van der Waals surface area contributed by atoms with Crippen molar-refractivity contribution < 1.29 is 4.42 Å². The number of furan rings is 1. The highest BCUT2D eigenvalue weighted by Crippen LogP contribution is 2.54. The molecule has 0 aliphatic heterocycles. The molecule has 0 spiro atoms. The van der Waals surface area contributed by atoms with Gasteiger partial charge in [0.05, 0.1) is 5.56 Å². The van der Waals surface area contributed by atoms with Gasteiger partial charge in [-0.3, -0.25) is 0 Å². The Balaban J connectivity index is 1.18. The Hall–Kier alpha value is -5.60. The van der Waals surface area contributed by atoms with Crippen LogP contribution in [0.5, 0.6) is 0 Å². The van der Waals surface area contributed by atoms with Gasteiger partial charge in [0.25, 0.3) is 0 Å². The van der Waals surface area contributed by atoms with Gasteiger partial charge in [0.2, 0.25) is 0 Å². The molecule has 9 rings (SSSR count). The van der Waals surface area contributed by atoms with Crippen LogP contribution >= 0.6 is 0 Å². The first-order valence-electron chi connectivity index (χ1n) is 18.4. The zero-order chi connectivity index (χ0) is 34.5. The molecule has 5 aromatic carbocycles. The molecule has 2 aliphatic carbocycles. The number of nitriles is 1. The lowest BCUT2D eigenvalue weighted by molar-refractivity contribution is 0.0702. The number of aromatic nitrogens is 3. The number of hydrogen-bond donors (Lipinski definition) is 0. The van der Waals surface area contributed by atoms with E-state index >= 15 is 0 Å². The lowest BCUT2D eigenvalue weighted by Crippen LogP contribution is -2.42. The minimum atomic E-state index is 0.256. The fourth-order valence-electron chi connectivity index (χ4n) is 9.43. The van der Waals surface area contributed by atoms with E-state index in [1.807, 2.05) is 36.4 Å². The summed E-state index contributed by atoms with van der Waals surface area (Å²) < 4.78 is 6.25. The van der Waals surface area contributed by atoms with Crippen LogP contribution in [0.1, 0.15) is 63.5 Å². The summed E-state index contributed by atoms with van der Waals surface area (Å²) in [6, 6.07) is 41.9. The van der Waals surface area contributed by atoms with Gasteiger partial charge in [-0.1, -0.05) is 117 Å². The summed E-state index contributed by atoms with van der Waals surface area (Å²) >= 11 is 0. The third kappa shape index (κ3) is 5.60. The van der Waals surface area contributed by atoms with Crippen molar-refractivity contribution >= 4 is 21.9 Å². The van der Waals surface area contributed by atoms with E-state index in [2.05, 4.69) is 92.7 Å². The Labute approximate surface area is 299 Å². The summed E-state index contributed by atoms with van der Waals surface area (Å²) in [7, 11) is 0. The normalized spacial score (nSPS) is 21.5. The van der Waals surface area contributed by atoms with Crippen LogP contribution in [0.2, 0.25) is 0 Å². The molecule has 2 bridgehead atoms. The topological polar surface area (TPSA) is 75.6 Å². The molecule has 0 amide bonds. The second-order valence-electron chi connectivity index (χ2n) is 15.0. The first-order valence-corrected chi connectivity index (χ1v) is 18.4. The van der Waals surface area contributed by atoms with E-state index < -0.39 is 0 Å². The van der Waals surface area contributed by atoms with Gasteiger partial charge in [-0.05, 0) is 90.2 Å². The number of nitrogens with zero attached hydrogens (tertiary/aromatic N) is 4. The monoisotopic (exact) mass is 664 g/mol. The Morgan fingerprint density at radius 2 is 1.33 bits per heavy atom. The smallest absolute Gasteiger partial charge is 0.164 e. The van der Waals surface area contributed by atoms with Crippen LogP contribution < -0.4 is 0 Å². The summed E-state index contributed by atoms with van der Waals surface area (Å²) in [5, 5.41) is 11.7. The standard InChI is InChI=1S/C46H40N4O/c1-3-30-24-31-23-29(2)25-46(26-30,27-31)37-20-17-35(18-21-37)44-48-43(34-15-13-33(14-16-34)32-9-5-4-6-10-32)49-45(50-44)39-22-19-36(28-47)42-41(39)38-11-7-8-12-40(38)51-42/h4-22,29-31H,3,23-27H2,1-2H3/t29-,30+,31-,46?/m0/s1. The van der Waals surface area contributed by atoms with Crippen LogP contribution in [0.15, 0.2) is 120 Å².